The summed E-state index contributed by atoms with van der Waals surface area (Å²) < 4.78 is 0. The van der Waals surface area contributed by atoms with Crippen LogP contribution >= 0.6 is 0 Å². The lowest BCUT2D eigenvalue weighted by molar-refractivity contribution is -0.123. The minimum Gasteiger partial charge on any atom is -0.351 e. The zero-order valence-corrected chi connectivity index (χ0v) is 15.9. The number of aryl methyl sites for hydroxylation is 1. The number of carbonyl (C=O) groups excluding carboxylic acids is 1. The molecule has 0 saturated heterocycles. The lowest BCUT2D eigenvalue weighted by atomic mass is 9.82. The summed E-state index contributed by atoms with van der Waals surface area (Å²) in [6, 6.07) is 7.28. The molecule has 1 aromatic heterocycles. The van der Waals surface area contributed by atoms with E-state index in [4.69, 9.17) is 0 Å². The molecule has 0 atom stereocenters. The third-order valence-corrected chi connectivity index (χ3v) is 3.93. The highest BCUT2D eigenvalue weighted by Gasteiger charge is 2.26. The molecule has 0 fully saturated rings. The van der Waals surface area contributed by atoms with E-state index in [2.05, 4.69) is 49.9 Å². The minimum absolute atomic E-state index is 0.0392. The second kappa shape index (κ2) is 7.38. The van der Waals surface area contributed by atoms with Crippen LogP contribution in [-0.4, -0.2) is 21.4 Å². The van der Waals surface area contributed by atoms with Gasteiger partial charge in [-0.2, -0.15) is 0 Å². The molecule has 2 N–H and O–H groups in total. The molecule has 0 aliphatic rings. The molecule has 0 unspecified atom stereocenters. The quantitative estimate of drug-likeness (QED) is 0.842. The van der Waals surface area contributed by atoms with Crippen LogP contribution in [-0.2, 0) is 11.2 Å². The number of H-pyrrole nitrogens is 1. The number of hydrogen-bond donors (Lipinski definition) is 2. The molecule has 0 aliphatic heterocycles. The first kappa shape index (κ1) is 19.2. The topological polar surface area (TPSA) is 74.8 Å². The number of aromatic amines is 1. The van der Waals surface area contributed by atoms with Gasteiger partial charge in [0.1, 0.15) is 5.82 Å². The van der Waals surface area contributed by atoms with Gasteiger partial charge < -0.3 is 10.3 Å². The molecule has 1 amide bonds. The molecule has 5 nitrogen and oxygen atoms in total. The van der Waals surface area contributed by atoms with Crippen molar-refractivity contribution in [2.75, 3.05) is 0 Å². The van der Waals surface area contributed by atoms with Crippen LogP contribution in [0.2, 0.25) is 0 Å². The zero-order chi connectivity index (χ0) is 18.7. The van der Waals surface area contributed by atoms with Crippen LogP contribution in [0.3, 0.4) is 0 Å². The summed E-state index contributed by atoms with van der Waals surface area (Å²) in [5.74, 6) is 0.669. The summed E-state index contributed by atoms with van der Waals surface area (Å²) in [4.78, 5) is 31.5. The van der Waals surface area contributed by atoms with Crippen LogP contribution in [0.4, 0.5) is 0 Å². The van der Waals surface area contributed by atoms with Gasteiger partial charge in [-0.25, -0.2) is 4.98 Å². The van der Waals surface area contributed by atoms with E-state index in [-0.39, 0.29) is 22.4 Å². The maximum Gasteiger partial charge on any atom is 0.258 e. The van der Waals surface area contributed by atoms with Crippen LogP contribution < -0.4 is 10.9 Å². The molecular weight excluding hydrogens is 314 g/mol. The van der Waals surface area contributed by atoms with E-state index in [9.17, 15) is 9.59 Å². The summed E-state index contributed by atoms with van der Waals surface area (Å²) in [5.41, 5.74) is 0.490. The molecule has 5 heteroatoms. The van der Waals surface area contributed by atoms with Crippen LogP contribution in [0.25, 0.3) is 10.9 Å². The van der Waals surface area contributed by atoms with Crippen molar-refractivity contribution >= 4 is 16.8 Å². The van der Waals surface area contributed by atoms with Gasteiger partial charge in [0.25, 0.3) is 5.56 Å². The van der Waals surface area contributed by atoms with Crippen molar-refractivity contribution in [1.29, 1.82) is 0 Å². The Morgan fingerprint density at radius 1 is 1.16 bits per heavy atom. The van der Waals surface area contributed by atoms with Crippen molar-refractivity contribution in [3.8, 4) is 0 Å². The number of rotatable bonds is 6. The number of aromatic nitrogens is 2. The molecule has 0 spiro atoms. The van der Waals surface area contributed by atoms with Crippen molar-refractivity contribution in [1.82, 2.24) is 15.3 Å². The van der Waals surface area contributed by atoms with Crippen molar-refractivity contribution in [3.63, 3.8) is 0 Å². The van der Waals surface area contributed by atoms with Crippen LogP contribution in [0.15, 0.2) is 29.1 Å². The van der Waals surface area contributed by atoms with Gasteiger partial charge in [0.05, 0.1) is 10.9 Å². The lowest BCUT2D eigenvalue weighted by Gasteiger charge is -2.33. The first-order valence-electron chi connectivity index (χ1n) is 8.85. The van der Waals surface area contributed by atoms with E-state index in [0.717, 1.165) is 6.42 Å². The van der Waals surface area contributed by atoms with E-state index in [1.807, 2.05) is 18.2 Å². The van der Waals surface area contributed by atoms with E-state index >= 15 is 0 Å². The summed E-state index contributed by atoms with van der Waals surface area (Å²) in [6.45, 7) is 10.6. The predicted molar refractivity (Wildman–Crippen MR) is 102 cm³/mol. The number of amides is 1. The fourth-order valence-electron chi connectivity index (χ4n) is 3.48. The average Bonchev–Trinajstić information content (AvgIpc) is 2.44. The van der Waals surface area contributed by atoms with Gasteiger partial charge in [-0.15, -0.1) is 0 Å². The summed E-state index contributed by atoms with van der Waals surface area (Å²) in [5, 5.41) is 3.70. The Labute approximate surface area is 149 Å². The average molecular weight is 343 g/mol. The van der Waals surface area contributed by atoms with E-state index in [1.54, 1.807) is 6.07 Å². The Kier molecular flexibility index (Phi) is 5.65. The third kappa shape index (κ3) is 6.00. The number of fused-ring (bicyclic) bond motifs is 1. The van der Waals surface area contributed by atoms with E-state index in [0.29, 0.717) is 36.0 Å². The number of hydrogen-bond acceptors (Lipinski definition) is 3. The maximum absolute atomic E-state index is 12.2. The molecule has 25 heavy (non-hydrogen) atoms. The third-order valence-electron chi connectivity index (χ3n) is 3.93. The van der Waals surface area contributed by atoms with Gasteiger partial charge in [-0.1, -0.05) is 32.9 Å². The van der Waals surface area contributed by atoms with Crippen molar-refractivity contribution < 1.29 is 4.79 Å². The second-order valence-electron chi connectivity index (χ2n) is 8.55. The highest BCUT2D eigenvalue weighted by molar-refractivity contribution is 5.77. The highest BCUT2D eigenvalue weighted by atomic mass is 16.1. The minimum atomic E-state index is -0.231. The molecule has 2 aromatic rings. The lowest BCUT2D eigenvalue weighted by Crippen LogP contribution is -2.45. The monoisotopic (exact) mass is 343 g/mol. The SMILES string of the molecule is CC(C)(C)CC(C)(C)NC(=O)CCCc1nc2ccccc2c(=O)[nH]1. The van der Waals surface area contributed by atoms with Crippen molar-refractivity contribution in [3.05, 3.63) is 40.4 Å². The Bertz CT molecular complexity index is 800. The first-order valence-corrected chi connectivity index (χ1v) is 8.85. The fourth-order valence-corrected chi connectivity index (χ4v) is 3.48. The normalized spacial score (nSPS) is 12.4. The number of benzene rings is 1. The van der Waals surface area contributed by atoms with Crippen molar-refractivity contribution in [2.24, 2.45) is 5.41 Å². The van der Waals surface area contributed by atoms with Gasteiger partial charge in [0.15, 0.2) is 0 Å². The Morgan fingerprint density at radius 2 is 1.84 bits per heavy atom. The molecule has 0 saturated carbocycles. The molecular formula is C20H29N3O2. The first-order chi connectivity index (χ1) is 11.6. The highest BCUT2D eigenvalue weighted by Crippen LogP contribution is 2.26. The smallest absolute Gasteiger partial charge is 0.258 e. The molecule has 2 rings (SSSR count). The van der Waals surface area contributed by atoms with Gasteiger partial charge in [0.2, 0.25) is 5.91 Å². The molecule has 0 radical (unpaired) electrons. The fraction of sp³-hybridized carbons (Fsp3) is 0.550. The molecule has 136 valence electrons. The number of nitrogens with zero attached hydrogens (tertiary/aromatic N) is 1. The van der Waals surface area contributed by atoms with E-state index in [1.165, 1.54) is 0 Å². The van der Waals surface area contributed by atoms with Gasteiger partial charge in [0, 0.05) is 18.4 Å². The van der Waals surface area contributed by atoms with Crippen LogP contribution in [0, 0.1) is 5.41 Å². The second-order valence-corrected chi connectivity index (χ2v) is 8.55. The number of carbonyl (C=O) groups is 1. The Morgan fingerprint density at radius 3 is 2.52 bits per heavy atom. The maximum atomic E-state index is 12.2. The Balaban J connectivity index is 1.90. The number of nitrogens with one attached hydrogen (secondary N) is 2. The Hall–Kier alpha value is -2.17. The van der Waals surface area contributed by atoms with E-state index < -0.39 is 0 Å². The summed E-state index contributed by atoms with van der Waals surface area (Å²) in [6.07, 6.45) is 2.56. The van der Waals surface area contributed by atoms with Crippen LogP contribution in [0.5, 0.6) is 0 Å². The summed E-state index contributed by atoms with van der Waals surface area (Å²) in [7, 11) is 0. The molecule has 0 bridgehead atoms. The zero-order valence-electron chi connectivity index (χ0n) is 15.9. The van der Waals surface area contributed by atoms with Gasteiger partial charge in [-0.05, 0) is 44.2 Å². The molecule has 1 aromatic carbocycles. The standard InChI is InChI=1S/C20H29N3O2/c1-19(2,3)13-20(4,5)23-17(24)12-8-11-16-21-15-10-7-6-9-14(15)18(25)22-16/h6-7,9-10H,8,11-13H2,1-5H3,(H,23,24)(H,21,22,25). The van der Waals surface area contributed by atoms with Gasteiger partial charge in [-0.3, -0.25) is 9.59 Å². The summed E-state index contributed by atoms with van der Waals surface area (Å²) >= 11 is 0. The van der Waals surface area contributed by atoms with Crippen LogP contribution in [0.1, 0.15) is 59.7 Å². The largest absolute Gasteiger partial charge is 0.351 e. The van der Waals surface area contributed by atoms with Gasteiger partial charge >= 0.3 is 0 Å². The predicted octanol–water partition coefficient (Wildman–Crippen LogP) is 3.58. The van der Waals surface area contributed by atoms with Crippen molar-refractivity contribution in [2.45, 2.75) is 65.8 Å². The number of para-hydroxylation sites is 1. The molecule has 0 aliphatic carbocycles. The molecule has 1 heterocycles.